The summed E-state index contributed by atoms with van der Waals surface area (Å²) < 4.78 is 41.5. The Labute approximate surface area is 124 Å². The number of rotatable bonds is 2. The van der Waals surface area contributed by atoms with E-state index in [-0.39, 0.29) is 11.8 Å². The summed E-state index contributed by atoms with van der Waals surface area (Å²) in [6.45, 7) is 7.13. The highest BCUT2D eigenvalue weighted by Crippen LogP contribution is 2.48. The van der Waals surface area contributed by atoms with Gasteiger partial charge in [0, 0.05) is 0 Å². The molecule has 1 aromatic carbocycles. The highest BCUT2D eigenvalue weighted by molar-refractivity contribution is 5.45. The van der Waals surface area contributed by atoms with Gasteiger partial charge in [-0.2, -0.15) is 13.2 Å². The number of halogens is 3. The molecule has 0 aliphatic heterocycles. The highest BCUT2D eigenvalue weighted by atomic mass is 19.4. The molecule has 1 aromatic rings. The molecular formula is C18H21F3. The summed E-state index contributed by atoms with van der Waals surface area (Å²) in [4.78, 5) is 0. The smallest absolute Gasteiger partial charge is 0.170 e. The molecule has 3 atom stereocenters. The lowest BCUT2D eigenvalue weighted by Gasteiger charge is -2.36. The molecule has 0 radical (unpaired) electrons. The second kappa shape index (κ2) is 5.36. The largest absolute Gasteiger partial charge is 0.402 e. The van der Waals surface area contributed by atoms with Gasteiger partial charge in [0.1, 0.15) is 5.41 Å². The van der Waals surface area contributed by atoms with Crippen LogP contribution in [0.4, 0.5) is 13.2 Å². The minimum Gasteiger partial charge on any atom is -0.170 e. The predicted octanol–water partition coefficient (Wildman–Crippen LogP) is 5.58. The van der Waals surface area contributed by atoms with Crippen molar-refractivity contribution in [2.24, 2.45) is 11.8 Å². The molecule has 0 bridgehead atoms. The molecule has 1 aliphatic carbocycles. The zero-order chi connectivity index (χ0) is 15.8. The maximum atomic E-state index is 13.8. The van der Waals surface area contributed by atoms with Gasteiger partial charge >= 0.3 is 6.18 Å². The number of benzene rings is 1. The maximum absolute atomic E-state index is 13.8. The van der Waals surface area contributed by atoms with E-state index in [1.165, 1.54) is 6.92 Å². The molecule has 2 rings (SSSR count). The van der Waals surface area contributed by atoms with Crippen molar-refractivity contribution >= 4 is 0 Å². The number of hydrogen-bond donors (Lipinski definition) is 0. The maximum Gasteiger partial charge on any atom is 0.402 e. The second-order valence-electron chi connectivity index (χ2n) is 6.19. The van der Waals surface area contributed by atoms with E-state index in [2.05, 4.69) is 0 Å². The third-order valence-corrected chi connectivity index (χ3v) is 4.62. The molecule has 0 saturated heterocycles. The molecule has 114 valence electrons. The van der Waals surface area contributed by atoms with Crippen molar-refractivity contribution in [2.75, 3.05) is 0 Å². The van der Waals surface area contributed by atoms with E-state index >= 15 is 0 Å². The van der Waals surface area contributed by atoms with Gasteiger partial charge in [0.25, 0.3) is 0 Å². The van der Waals surface area contributed by atoms with Crippen LogP contribution in [0.5, 0.6) is 0 Å². The third kappa shape index (κ3) is 2.78. The van der Waals surface area contributed by atoms with Gasteiger partial charge in [-0.1, -0.05) is 61.9 Å². The fourth-order valence-electron chi connectivity index (χ4n) is 2.64. The van der Waals surface area contributed by atoms with Gasteiger partial charge in [0.2, 0.25) is 0 Å². The van der Waals surface area contributed by atoms with Crippen LogP contribution in [0.15, 0.2) is 48.1 Å². The van der Waals surface area contributed by atoms with Crippen molar-refractivity contribution in [1.82, 2.24) is 0 Å². The lowest BCUT2D eigenvalue weighted by molar-refractivity contribution is -0.173. The molecule has 0 amide bonds. The summed E-state index contributed by atoms with van der Waals surface area (Å²) in [5.41, 5.74) is -0.382. The summed E-state index contributed by atoms with van der Waals surface area (Å²) in [6, 6.07) is 6.64. The van der Waals surface area contributed by atoms with E-state index in [1.54, 1.807) is 36.4 Å². The standard InChI is InChI=1S/C18H21F3/c1-12-5-8-15(9-6-12)17(4,18(19,20)21)16-10-7-13(2)14(3)11-16/h5-11,13-14H,1-4H3/t13?,14?,17-/m1/s1. The van der Waals surface area contributed by atoms with Gasteiger partial charge in [0.15, 0.2) is 0 Å². The Morgan fingerprint density at radius 2 is 1.52 bits per heavy atom. The van der Waals surface area contributed by atoms with Crippen molar-refractivity contribution in [1.29, 1.82) is 0 Å². The summed E-state index contributed by atoms with van der Waals surface area (Å²) in [5.74, 6) is 0.376. The molecule has 2 unspecified atom stereocenters. The average Bonchev–Trinajstić information content (AvgIpc) is 2.40. The van der Waals surface area contributed by atoms with Gasteiger partial charge in [0.05, 0.1) is 0 Å². The van der Waals surface area contributed by atoms with Crippen molar-refractivity contribution in [3.63, 3.8) is 0 Å². The number of aryl methyl sites for hydroxylation is 1. The molecule has 21 heavy (non-hydrogen) atoms. The minimum absolute atomic E-state index is 0.108. The van der Waals surface area contributed by atoms with E-state index < -0.39 is 11.6 Å². The quantitative estimate of drug-likeness (QED) is 0.667. The molecule has 3 heteroatoms. The van der Waals surface area contributed by atoms with Crippen molar-refractivity contribution in [3.05, 3.63) is 59.2 Å². The lowest BCUT2D eigenvalue weighted by Crippen LogP contribution is -2.41. The summed E-state index contributed by atoms with van der Waals surface area (Å²) in [5, 5.41) is 0. The van der Waals surface area contributed by atoms with Crippen LogP contribution in [0.1, 0.15) is 31.9 Å². The Bertz CT molecular complexity index is 563. The average molecular weight is 294 g/mol. The van der Waals surface area contributed by atoms with Gasteiger partial charge in [-0.25, -0.2) is 0 Å². The summed E-state index contributed by atoms with van der Waals surface area (Å²) >= 11 is 0. The SMILES string of the molecule is Cc1ccc([C@](C)(C2=CC(C)C(C)C=C2)C(F)(F)F)cc1. The van der Waals surface area contributed by atoms with Crippen molar-refractivity contribution in [3.8, 4) is 0 Å². The number of hydrogen-bond acceptors (Lipinski definition) is 0. The predicted molar refractivity (Wildman–Crippen MR) is 80.1 cm³/mol. The minimum atomic E-state index is -4.33. The Hall–Kier alpha value is -1.51. The van der Waals surface area contributed by atoms with Gasteiger partial charge in [-0.15, -0.1) is 0 Å². The Kier molecular flexibility index (Phi) is 4.05. The van der Waals surface area contributed by atoms with Crippen LogP contribution in [0.2, 0.25) is 0 Å². The van der Waals surface area contributed by atoms with Crippen molar-refractivity contribution < 1.29 is 13.2 Å². The normalized spacial score (nSPS) is 25.4. The number of alkyl halides is 3. The fourth-order valence-corrected chi connectivity index (χ4v) is 2.64. The van der Waals surface area contributed by atoms with Crippen LogP contribution >= 0.6 is 0 Å². The van der Waals surface area contributed by atoms with Crippen LogP contribution in [-0.4, -0.2) is 6.18 Å². The molecule has 0 aromatic heterocycles. The Morgan fingerprint density at radius 3 is 2.00 bits per heavy atom. The number of allylic oxidation sites excluding steroid dienone is 4. The second-order valence-corrected chi connectivity index (χ2v) is 6.19. The van der Waals surface area contributed by atoms with E-state index in [0.717, 1.165) is 5.56 Å². The molecule has 0 nitrogen and oxygen atoms in total. The molecule has 0 N–H and O–H groups in total. The first-order valence-corrected chi connectivity index (χ1v) is 7.20. The van der Waals surface area contributed by atoms with Crippen LogP contribution in [0.25, 0.3) is 0 Å². The first-order valence-electron chi connectivity index (χ1n) is 7.20. The molecule has 1 aliphatic rings. The van der Waals surface area contributed by atoms with Crippen LogP contribution in [-0.2, 0) is 5.41 Å². The van der Waals surface area contributed by atoms with E-state index in [4.69, 9.17) is 0 Å². The molecule has 0 heterocycles. The Balaban J connectivity index is 2.56. The van der Waals surface area contributed by atoms with E-state index in [9.17, 15) is 13.2 Å². The first-order chi connectivity index (χ1) is 9.66. The third-order valence-electron chi connectivity index (χ3n) is 4.62. The topological polar surface area (TPSA) is 0 Å². The van der Waals surface area contributed by atoms with Crippen LogP contribution in [0.3, 0.4) is 0 Å². The zero-order valence-electron chi connectivity index (χ0n) is 12.8. The molecular weight excluding hydrogens is 273 g/mol. The lowest BCUT2D eigenvalue weighted by atomic mass is 9.71. The van der Waals surface area contributed by atoms with E-state index in [0.29, 0.717) is 11.1 Å². The van der Waals surface area contributed by atoms with Gasteiger partial charge in [-0.3, -0.25) is 0 Å². The Morgan fingerprint density at radius 1 is 0.952 bits per heavy atom. The first kappa shape index (κ1) is 15.9. The van der Waals surface area contributed by atoms with Crippen LogP contribution in [0, 0.1) is 18.8 Å². The molecule has 0 fully saturated rings. The van der Waals surface area contributed by atoms with Gasteiger partial charge in [-0.05, 0) is 36.8 Å². The molecule has 0 saturated carbocycles. The molecule has 0 spiro atoms. The monoisotopic (exact) mass is 294 g/mol. The van der Waals surface area contributed by atoms with Gasteiger partial charge < -0.3 is 0 Å². The zero-order valence-corrected chi connectivity index (χ0v) is 12.8. The fraction of sp³-hybridized carbons (Fsp3) is 0.444. The summed E-state index contributed by atoms with van der Waals surface area (Å²) in [6.07, 6.45) is 0.937. The van der Waals surface area contributed by atoms with Crippen LogP contribution < -0.4 is 0 Å². The summed E-state index contributed by atoms with van der Waals surface area (Å²) in [7, 11) is 0. The van der Waals surface area contributed by atoms with Crippen molar-refractivity contribution in [2.45, 2.75) is 39.3 Å². The highest BCUT2D eigenvalue weighted by Gasteiger charge is 2.54. The van der Waals surface area contributed by atoms with E-state index in [1.807, 2.05) is 26.8 Å².